The molecule has 0 aromatic heterocycles. The molecule has 30 heavy (non-hydrogen) atoms. The van der Waals surface area contributed by atoms with Gasteiger partial charge in [-0.05, 0) is 67.4 Å². The summed E-state index contributed by atoms with van der Waals surface area (Å²) in [6.07, 6.45) is 5.58. The Morgan fingerprint density at radius 1 is 0.967 bits per heavy atom. The highest BCUT2D eigenvalue weighted by atomic mass is 35.5. The molecule has 0 bridgehead atoms. The zero-order valence-corrected chi connectivity index (χ0v) is 17.7. The predicted octanol–water partition coefficient (Wildman–Crippen LogP) is 3.78. The highest BCUT2D eigenvalue weighted by molar-refractivity contribution is 6.30. The standard InChI is InChI=1S/C23H25ClN4O2/c1-27-13-10-16-4-7-20(15-17(16)11-14-27)25-22(29)21-3-2-12-28(21)23(30)26-19-8-5-18(24)6-9-19/h2-9,15,21H,10-14H2,1H3,(H,25,29)(H,26,30)/t21-/m1/s1. The molecular weight excluding hydrogens is 400 g/mol. The third-order valence-corrected chi connectivity index (χ3v) is 5.83. The Hall–Kier alpha value is -2.83. The minimum absolute atomic E-state index is 0.222. The van der Waals surface area contributed by atoms with E-state index in [9.17, 15) is 9.59 Å². The smallest absolute Gasteiger partial charge is 0.323 e. The number of carbonyl (C=O) groups excluding carboxylic acids is 2. The summed E-state index contributed by atoms with van der Waals surface area (Å²) in [5, 5.41) is 6.39. The van der Waals surface area contributed by atoms with Crippen LogP contribution in [0.25, 0.3) is 0 Å². The van der Waals surface area contributed by atoms with Crippen molar-refractivity contribution in [3.63, 3.8) is 0 Å². The quantitative estimate of drug-likeness (QED) is 0.737. The number of likely N-dealkylation sites (N-methyl/N-ethyl adjacent to an activating group) is 1. The molecule has 0 fully saturated rings. The summed E-state index contributed by atoms with van der Waals surface area (Å²) < 4.78 is 0. The number of nitrogens with zero attached hydrogens (tertiary/aromatic N) is 2. The lowest BCUT2D eigenvalue weighted by Crippen LogP contribution is -2.45. The van der Waals surface area contributed by atoms with E-state index in [4.69, 9.17) is 11.6 Å². The van der Waals surface area contributed by atoms with Gasteiger partial charge in [-0.3, -0.25) is 4.79 Å². The molecule has 2 aliphatic heterocycles. The van der Waals surface area contributed by atoms with Crippen LogP contribution in [0.3, 0.4) is 0 Å². The Morgan fingerprint density at radius 3 is 2.43 bits per heavy atom. The predicted molar refractivity (Wildman–Crippen MR) is 120 cm³/mol. The highest BCUT2D eigenvalue weighted by Gasteiger charge is 2.30. The van der Waals surface area contributed by atoms with Gasteiger partial charge in [-0.2, -0.15) is 0 Å². The number of hydrogen-bond acceptors (Lipinski definition) is 3. The molecule has 0 aliphatic carbocycles. The number of anilines is 2. The third kappa shape index (κ3) is 4.66. The molecule has 0 saturated heterocycles. The SMILES string of the molecule is CN1CCc2ccc(NC(=O)[C@H]3C=CCN3C(=O)Nc3ccc(Cl)cc3)cc2CC1. The second kappa shape index (κ2) is 8.90. The fourth-order valence-electron chi connectivity index (χ4n) is 3.82. The number of benzene rings is 2. The van der Waals surface area contributed by atoms with Crippen molar-refractivity contribution in [1.82, 2.24) is 9.80 Å². The fraction of sp³-hybridized carbons (Fsp3) is 0.304. The Morgan fingerprint density at radius 2 is 1.67 bits per heavy atom. The van der Waals surface area contributed by atoms with E-state index < -0.39 is 6.04 Å². The van der Waals surface area contributed by atoms with Crippen LogP contribution < -0.4 is 10.6 Å². The van der Waals surface area contributed by atoms with E-state index in [1.165, 1.54) is 16.0 Å². The van der Waals surface area contributed by atoms with Gasteiger partial charge in [0.15, 0.2) is 0 Å². The van der Waals surface area contributed by atoms with Crippen molar-refractivity contribution in [2.24, 2.45) is 0 Å². The number of carbonyl (C=O) groups is 2. The number of amides is 3. The zero-order valence-electron chi connectivity index (χ0n) is 16.9. The van der Waals surface area contributed by atoms with Gasteiger partial charge in [0, 0.05) is 36.0 Å². The van der Waals surface area contributed by atoms with Crippen molar-refractivity contribution in [2.45, 2.75) is 18.9 Å². The van der Waals surface area contributed by atoms with Gasteiger partial charge in [0.05, 0.1) is 0 Å². The van der Waals surface area contributed by atoms with Crippen molar-refractivity contribution < 1.29 is 9.59 Å². The summed E-state index contributed by atoms with van der Waals surface area (Å²) in [5.41, 5.74) is 4.01. The molecule has 3 amide bonds. The molecule has 0 saturated carbocycles. The largest absolute Gasteiger partial charge is 0.324 e. The van der Waals surface area contributed by atoms with Gasteiger partial charge in [-0.15, -0.1) is 0 Å². The number of hydrogen-bond donors (Lipinski definition) is 2. The summed E-state index contributed by atoms with van der Waals surface area (Å²) in [4.78, 5) is 29.4. The lowest BCUT2D eigenvalue weighted by molar-refractivity contribution is -0.118. The van der Waals surface area contributed by atoms with Crippen molar-refractivity contribution in [3.05, 3.63) is 70.8 Å². The number of fused-ring (bicyclic) bond motifs is 1. The molecule has 4 rings (SSSR count). The molecule has 2 aromatic carbocycles. The highest BCUT2D eigenvalue weighted by Crippen LogP contribution is 2.22. The lowest BCUT2D eigenvalue weighted by Gasteiger charge is -2.24. The number of urea groups is 1. The van der Waals surface area contributed by atoms with E-state index in [1.54, 1.807) is 30.3 Å². The van der Waals surface area contributed by atoms with E-state index in [1.807, 2.05) is 12.1 Å². The third-order valence-electron chi connectivity index (χ3n) is 5.58. The molecule has 7 heteroatoms. The monoisotopic (exact) mass is 424 g/mol. The van der Waals surface area contributed by atoms with E-state index in [-0.39, 0.29) is 11.9 Å². The Bertz CT molecular complexity index is 974. The van der Waals surface area contributed by atoms with E-state index >= 15 is 0 Å². The van der Waals surface area contributed by atoms with Crippen molar-refractivity contribution >= 4 is 34.9 Å². The van der Waals surface area contributed by atoms with Gasteiger partial charge in [0.1, 0.15) is 6.04 Å². The van der Waals surface area contributed by atoms with Crippen LogP contribution in [-0.4, -0.2) is 54.5 Å². The Kier molecular flexibility index (Phi) is 6.06. The zero-order chi connectivity index (χ0) is 21.1. The fourth-order valence-corrected chi connectivity index (χ4v) is 3.94. The summed E-state index contributed by atoms with van der Waals surface area (Å²) >= 11 is 5.89. The van der Waals surface area contributed by atoms with Crippen LogP contribution in [0, 0.1) is 0 Å². The van der Waals surface area contributed by atoms with Gasteiger partial charge < -0.3 is 20.4 Å². The van der Waals surface area contributed by atoms with Crippen molar-refractivity contribution in [2.75, 3.05) is 37.3 Å². The molecule has 2 N–H and O–H groups in total. The molecule has 0 radical (unpaired) electrons. The first-order valence-corrected chi connectivity index (χ1v) is 10.5. The van der Waals surface area contributed by atoms with Gasteiger partial charge in [-0.25, -0.2) is 4.79 Å². The topological polar surface area (TPSA) is 64.7 Å². The van der Waals surface area contributed by atoms with Crippen LogP contribution in [0.2, 0.25) is 5.02 Å². The number of rotatable bonds is 3. The molecule has 0 spiro atoms. The first-order valence-electron chi connectivity index (χ1n) is 10.1. The number of nitrogens with one attached hydrogen (secondary N) is 2. The lowest BCUT2D eigenvalue weighted by atomic mass is 10.0. The second-order valence-electron chi connectivity index (χ2n) is 7.74. The Balaban J connectivity index is 1.42. The molecule has 2 aromatic rings. The molecule has 2 heterocycles. The van der Waals surface area contributed by atoms with Crippen LogP contribution in [-0.2, 0) is 17.6 Å². The molecular formula is C23H25ClN4O2. The molecule has 0 unspecified atom stereocenters. The van der Waals surface area contributed by atoms with Gasteiger partial charge >= 0.3 is 6.03 Å². The normalized spacial score (nSPS) is 18.6. The second-order valence-corrected chi connectivity index (χ2v) is 8.17. The minimum atomic E-state index is -0.651. The van der Waals surface area contributed by atoms with E-state index in [0.29, 0.717) is 17.3 Å². The van der Waals surface area contributed by atoms with Crippen LogP contribution in [0.5, 0.6) is 0 Å². The molecule has 2 aliphatic rings. The number of halogens is 1. The molecule has 156 valence electrons. The van der Waals surface area contributed by atoms with Crippen LogP contribution in [0.15, 0.2) is 54.6 Å². The van der Waals surface area contributed by atoms with Crippen LogP contribution >= 0.6 is 11.6 Å². The molecule has 1 atom stereocenters. The molecule has 6 nitrogen and oxygen atoms in total. The van der Waals surface area contributed by atoms with Gasteiger partial charge in [0.2, 0.25) is 0 Å². The van der Waals surface area contributed by atoms with Crippen molar-refractivity contribution in [3.8, 4) is 0 Å². The Labute approximate surface area is 181 Å². The maximum atomic E-state index is 12.9. The van der Waals surface area contributed by atoms with Crippen molar-refractivity contribution in [1.29, 1.82) is 0 Å². The van der Waals surface area contributed by atoms with Gasteiger partial charge in [-0.1, -0.05) is 29.8 Å². The maximum Gasteiger partial charge on any atom is 0.323 e. The van der Waals surface area contributed by atoms with Crippen LogP contribution in [0.1, 0.15) is 11.1 Å². The van der Waals surface area contributed by atoms with Crippen LogP contribution in [0.4, 0.5) is 16.2 Å². The minimum Gasteiger partial charge on any atom is -0.324 e. The summed E-state index contributed by atoms with van der Waals surface area (Å²) in [6, 6.07) is 12.0. The first-order chi connectivity index (χ1) is 14.5. The summed E-state index contributed by atoms with van der Waals surface area (Å²) in [6.45, 7) is 2.44. The average molecular weight is 425 g/mol. The van der Waals surface area contributed by atoms with E-state index in [2.05, 4.69) is 34.7 Å². The first kappa shape index (κ1) is 20.4. The van der Waals surface area contributed by atoms with Gasteiger partial charge in [0.25, 0.3) is 5.91 Å². The maximum absolute atomic E-state index is 12.9. The van der Waals surface area contributed by atoms with E-state index in [0.717, 1.165) is 31.6 Å². The summed E-state index contributed by atoms with van der Waals surface area (Å²) in [7, 11) is 2.13. The summed E-state index contributed by atoms with van der Waals surface area (Å²) in [5.74, 6) is -0.222. The average Bonchev–Trinajstić information content (AvgIpc) is 3.16.